The van der Waals surface area contributed by atoms with Gasteiger partial charge >= 0.3 is 0 Å². The molecule has 142 valence electrons. The highest BCUT2D eigenvalue weighted by atomic mass is 35.5. The number of methoxy groups -OCH3 is 1. The molecule has 0 aliphatic carbocycles. The third-order valence-corrected chi connectivity index (χ3v) is 5.84. The van der Waals surface area contributed by atoms with Crippen molar-refractivity contribution in [3.8, 4) is 17.2 Å². The van der Waals surface area contributed by atoms with Gasteiger partial charge in [-0.3, -0.25) is 9.69 Å². The first kappa shape index (κ1) is 18.7. The van der Waals surface area contributed by atoms with Crippen LogP contribution in [-0.2, 0) is 4.79 Å². The first-order chi connectivity index (χ1) is 13.7. The maximum atomic E-state index is 12.7. The average molecular weight is 412 g/mol. The molecular weight excluding hydrogens is 394 g/mol. The van der Waals surface area contributed by atoms with Gasteiger partial charge in [0, 0.05) is 5.02 Å². The summed E-state index contributed by atoms with van der Waals surface area (Å²) in [6, 6.07) is 22.7. The van der Waals surface area contributed by atoms with Gasteiger partial charge < -0.3 is 9.47 Å². The van der Waals surface area contributed by atoms with E-state index in [-0.39, 0.29) is 11.3 Å². The Balaban J connectivity index is 1.68. The number of hydrogen-bond donors (Lipinski definition) is 0. The van der Waals surface area contributed by atoms with Crippen LogP contribution in [0.4, 0.5) is 5.69 Å². The Morgan fingerprint density at radius 1 is 1.00 bits per heavy atom. The van der Waals surface area contributed by atoms with Crippen LogP contribution in [0.2, 0.25) is 5.02 Å². The van der Waals surface area contributed by atoms with Gasteiger partial charge in [0.1, 0.15) is 22.6 Å². The molecule has 1 saturated heterocycles. The van der Waals surface area contributed by atoms with E-state index in [9.17, 15) is 4.79 Å². The molecule has 1 heterocycles. The number of para-hydroxylation sites is 1. The number of ether oxygens (including phenoxy) is 2. The molecule has 1 aliphatic rings. The summed E-state index contributed by atoms with van der Waals surface area (Å²) in [6.45, 7) is 0. The van der Waals surface area contributed by atoms with Crippen molar-refractivity contribution in [3.63, 3.8) is 0 Å². The normalized spacial score (nSPS) is 16.3. The zero-order chi connectivity index (χ0) is 19.5. The van der Waals surface area contributed by atoms with Gasteiger partial charge in [0.05, 0.1) is 18.6 Å². The second-order valence-corrected chi connectivity index (χ2v) is 7.74. The lowest BCUT2D eigenvalue weighted by atomic mass is 10.1. The predicted molar refractivity (Wildman–Crippen MR) is 114 cm³/mol. The molecule has 0 unspecified atom stereocenters. The van der Waals surface area contributed by atoms with E-state index in [1.807, 2.05) is 54.6 Å². The van der Waals surface area contributed by atoms with Crippen LogP contribution >= 0.6 is 23.4 Å². The number of anilines is 1. The third kappa shape index (κ3) is 3.81. The predicted octanol–water partition coefficient (Wildman–Crippen LogP) is 5.92. The molecule has 28 heavy (non-hydrogen) atoms. The number of hydrogen-bond acceptors (Lipinski definition) is 4. The smallest absolute Gasteiger partial charge is 0.238 e. The summed E-state index contributed by atoms with van der Waals surface area (Å²) < 4.78 is 11.4. The molecule has 1 atom stereocenters. The van der Waals surface area contributed by atoms with Crippen molar-refractivity contribution >= 4 is 35.0 Å². The van der Waals surface area contributed by atoms with Crippen molar-refractivity contribution in [3.05, 3.63) is 83.4 Å². The van der Waals surface area contributed by atoms with Crippen molar-refractivity contribution < 1.29 is 14.3 Å². The number of rotatable bonds is 5. The summed E-state index contributed by atoms with van der Waals surface area (Å²) >= 11 is 7.76. The molecular formula is C22H18ClNO3S. The number of halogens is 1. The van der Waals surface area contributed by atoms with E-state index in [0.29, 0.717) is 22.2 Å². The fourth-order valence-electron chi connectivity index (χ4n) is 3.14. The standard InChI is InChI=1S/C22H18ClNO3S/c1-26-20-11-10-16(23)13-19(20)24-21(25)14-28-22(24)15-6-5-9-18(12-15)27-17-7-3-2-4-8-17/h2-13,22H,14H2,1H3/t22-/m1/s1. The minimum atomic E-state index is -0.181. The van der Waals surface area contributed by atoms with Crippen LogP contribution in [0.5, 0.6) is 17.2 Å². The van der Waals surface area contributed by atoms with Crippen LogP contribution in [-0.4, -0.2) is 18.8 Å². The van der Waals surface area contributed by atoms with E-state index in [1.165, 1.54) is 0 Å². The van der Waals surface area contributed by atoms with Crippen molar-refractivity contribution in [1.82, 2.24) is 0 Å². The minimum Gasteiger partial charge on any atom is -0.495 e. The summed E-state index contributed by atoms with van der Waals surface area (Å²) in [6.07, 6.45) is 0. The molecule has 0 aromatic heterocycles. The van der Waals surface area contributed by atoms with E-state index in [0.717, 1.165) is 17.1 Å². The minimum absolute atomic E-state index is 0.0185. The van der Waals surface area contributed by atoms with Crippen LogP contribution in [0.1, 0.15) is 10.9 Å². The lowest BCUT2D eigenvalue weighted by Crippen LogP contribution is -2.28. The van der Waals surface area contributed by atoms with Gasteiger partial charge in [-0.2, -0.15) is 0 Å². The molecule has 0 saturated carbocycles. The van der Waals surface area contributed by atoms with E-state index in [4.69, 9.17) is 21.1 Å². The molecule has 0 bridgehead atoms. The van der Waals surface area contributed by atoms with Gasteiger partial charge in [-0.15, -0.1) is 11.8 Å². The maximum absolute atomic E-state index is 12.7. The van der Waals surface area contributed by atoms with Gasteiger partial charge in [0.15, 0.2) is 0 Å². The molecule has 3 aromatic rings. The number of carbonyl (C=O) groups excluding carboxylic acids is 1. The Labute approximate surface area is 173 Å². The molecule has 4 rings (SSSR count). The molecule has 4 nitrogen and oxygen atoms in total. The van der Waals surface area contributed by atoms with Crippen LogP contribution in [0.3, 0.4) is 0 Å². The topological polar surface area (TPSA) is 38.8 Å². The van der Waals surface area contributed by atoms with Crippen molar-refractivity contribution in [2.45, 2.75) is 5.37 Å². The number of benzene rings is 3. The van der Waals surface area contributed by atoms with Gasteiger partial charge in [-0.05, 0) is 48.0 Å². The number of amides is 1. The Bertz CT molecular complexity index is 996. The Morgan fingerprint density at radius 2 is 1.79 bits per heavy atom. The number of thioether (sulfide) groups is 1. The summed E-state index contributed by atoms with van der Waals surface area (Å²) in [5, 5.41) is 0.375. The molecule has 3 aromatic carbocycles. The summed E-state index contributed by atoms with van der Waals surface area (Å²) in [7, 11) is 1.59. The average Bonchev–Trinajstić information content (AvgIpc) is 3.10. The maximum Gasteiger partial charge on any atom is 0.238 e. The third-order valence-electron chi connectivity index (χ3n) is 4.39. The highest BCUT2D eigenvalue weighted by molar-refractivity contribution is 8.00. The molecule has 6 heteroatoms. The van der Waals surface area contributed by atoms with Gasteiger partial charge in [0.2, 0.25) is 5.91 Å². The first-order valence-corrected chi connectivity index (χ1v) is 10.2. The first-order valence-electron chi connectivity index (χ1n) is 8.76. The fraction of sp³-hybridized carbons (Fsp3) is 0.136. The van der Waals surface area contributed by atoms with E-state index in [1.54, 1.807) is 42.0 Å². The van der Waals surface area contributed by atoms with Crippen molar-refractivity contribution in [2.75, 3.05) is 17.8 Å². The van der Waals surface area contributed by atoms with Crippen molar-refractivity contribution in [2.24, 2.45) is 0 Å². The van der Waals surface area contributed by atoms with E-state index in [2.05, 4.69) is 0 Å². The monoisotopic (exact) mass is 411 g/mol. The van der Waals surface area contributed by atoms with Crippen LogP contribution in [0, 0.1) is 0 Å². The largest absolute Gasteiger partial charge is 0.495 e. The van der Waals surface area contributed by atoms with E-state index >= 15 is 0 Å². The molecule has 0 radical (unpaired) electrons. The SMILES string of the molecule is COc1ccc(Cl)cc1N1C(=O)CS[C@@H]1c1cccc(Oc2ccccc2)c1. The second-order valence-electron chi connectivity index (χ2n) is 6.23. The molecule has 1 amide bonds. The van der Waals surface area contributed by atoms with Crippen LogP contribution in [0.15, 0.2) is 72.8 Å². The summed E-state index contributed by atoms with van der Waals surface area (Å²) in [5.74, 6) is 2.51. The molecule has 0 spiro atoms. The summed E-state index contributed by atoms with van der Waals surface area (Å²) in [5.41, 5.74) is 1.65. The van der Waals surface area contributed by atoms with E-state index < -0.39 is 0 Å². The quantitative estimate of drug-likeness (QED) is 0.522. The fourth-order valence-corrected chi connectivity index (χ4v) is 4.46. The van der Waals surface area contributed by atoms with Crippen LogP contribution < -0.4 is 14.4 Å². The lowest BCUT2D eigenvalue weighted by molar-refractivity contribution is -0.115. The second kappa shape index (κ2) is 8.17. The number of carbonyl (C=O) groups is 1. The van der Waals surface area contributed by atoms with Gasteiger partial charge in [-0.25, -0.2) is 0 Å². The molecule has 0 N–H and O–H groups in total. The Kier molecular flexibility index (Phi) is 5.46. The number of nitrogens with zero attached hydrogens (tertiary/aromatic N) is 1. The Hall–Kier alpha value is -2.63. The molecule has 1 aliphatic heterocycles. The zero-order valence-electron chi connectivity index (χ0n) is 15.2. The van der Waals surface area contributed by atoms with Crippen molar-refractivity contribution in [1.29, 1.82) is 0 Å². The highest BCUT2D eigenvalue weighted by Crippen LogP contribution is 2.46. The summed E-state index contributed by atoms with van der Waals surface area (Å²) in [4.78, 5) is 14.4. The molecule has 1 fully saturated rings. The van der Waals surface area contributed by atoms with Gasteiger partial charge in [0.25, 0.3) is 0 Å². The highest BCUT2D eigenvalue weighted by Gasteiger charge is 2.36. The lowest BCUT2D eigenvalue weighted by Gasteiger charge is -2.26. The van der Waals surface area contributed by atoms with Crippen LogP contribution in [0.25, 0.3) is 0 Å². The van der Waals surface area contributed by atoms with Gasteiger partial charge in [-0.1, -0.05) is 41.9 Å². The zero-order valence-corrected chi connectivity index (χ0v) is 16.7. The Morgan fingerprint density at radius 3 is 2.57 bits per heavy atom.